The van der Waals surface area contributed by atoms with Crippen LogP contribution in [0.3, 0.4) is 0 Å². The van der Waals surface area contributed by atoms with Crippen molar-refractivity contribution in [1.29, 1.82) is 0 Å². The highest BCUT2D eigenvalue weighted by Gasteiger charge is 2.20. The number of hydrogen-bond donors (Lipinski definition) is 1. The van der Waals surface area contributed by atoms with Gasteiger partial charge in [-0.1, -0.05) is 13.3 Å². The quantitative estimate of drug-likeness (QED) is 0.546. The van der Waals surface area contributed by atoms with Crippen molar-refractivity contribution in [2.24, 2.45) is 5.92 Å². The van der Waals surface area contributed by atoms with Crippen molar-refractivity contribution in [2.45, 2.75) is 45.6 Å². The van der Waals surface area contributed by atoms with Crippen LogP contribution in [0.5, 0.6) is 0 Å². The lowest BCUT2D eigenvalue weighted by Gasteiger charge is -2.28. The van der Waals surface area contributed by atoms with Gasteiger partial charge in [-0.3, -0.25) is 4.79 Å². The molecule has 1 aliphatic rings. The zero-order valence-corrected chi connectivity index (χ0v) is 11.0. The lowest BCUT2D eigenvalue weighted by Crippen LogP contribution is -2.39. The van der Waals surface area contributed by atoms with Crippen LogP contribution in [0.25, 0.3) is 0 Å². The number of hydrogen-bond acceptors (Lipinski definition) is 4. The fourth-order valence-corrected chi connectivity index (χ4v) is 2.01. The highest BCUT2D eigenvalue weighted by atomic mass is 16.5. The van der Waals surface area contributed by atoms with Crippen molar-refractivity contribution in [2.75, 3.05) is 26.4 Å². The first-order chi connectivity index (χ1) is 8.24. The van der Waals surface area contributed by atoms with E-state index in [9.17, 15) is 4.79 Å². The third kappa shape index (κ3) is 6.03. The van der Waals surface area contributed by atoms with Crippen LogP contribution >= 0.6 is 0 Å². The Morgan fingerprint density at radius 1 is 1.47 bits per heavy atom. The minimum atomic E-state index is -0.141. The van der Waals surface area contributed by atoms with Gasteiger partial charge >= 0.3 is 5.97 Å². The first-order valence-electron chi connectivity index (χ1n) is 6.70. The summed E-state index contributed by atoms with van der Waals surface area (Å²) in [6, 6.07) is 0.359. The Balaban J connectivity index is 2.09. The lowest BCUT2D eigenvalue weighted by atomic mass is 9.93. The molecule has 1 fully saturated rings. The van der Waals surface area contributed by atoms with Crippen LogP contribution in [0.1, 0.15) is 39.5 Å². The summed E-state index contributed by atoms with van der Waals surface area (Å²) in [6.07, 6.45) is 4.17. The van der Waals surface area contributed by atoms with Gasteiger partial charge in [0.15, 0.2) is 0 Å². The molecule has 1 unspecified atom stereocenters. The highest BCUT2D eigenvalue weighted by Crippen LogP contribution is 2.18. The molecule has 1 saturated heterocycles. The molecule has 0 amide bonds. The second-order valence-electron chi connectivity index (χ2n) is 4.69. The average Bonchev–Trinajstić information content (AvgIpc) is 2.37. The lowest BCUT2D eigenvalue weighted by molar-refractivity contribution is -0.142. The van der Waals surface area contributed by atoms with Crippen molar-refractivity contribution in [3.63, 3.8) is 0 Å². The predicted molar refractivity (Wildman–Crippen MR) is 66.9 cm³/mol. The summed E-state index contributed by atoms with van der Waals surface area (Å²) in [6.45, 7) is 6.77. The summed E-state index contributed by atoms with van der Waals surface area (Å²) >= 11 is 0. The van der Waals surface area contributed by atoms with Crippen LogP contribution in [0.4, 0.5) is 0 Å². The smallest absolute Gasteiger partial charge is 0.319 e. The molecule has 4 heteroatoms. The van der Waals surface area contributed by atoms with Gasteiger partial charge in [-0.15, -0.1) is 0 Å². The maximum absolute atomic E-state index is 11.4. The summed E-state index contributed by atoms with van der Waals surface area (Å²) in [5, 5.41) is 3.25. The number of nitrogens with one attached hydrogen (secondary N) is 1. The number of carbonyl (C=O) groups is 1. The van der Waals surface area contributed by atoms with Gasteiger partial charge in [0.2, 0.25) is 0 Å². The van der Waals surface area contributed by atoms with Gasteiger partial charge in [0.1, 0.15) is 0 Å². The van der Waals surface area contributed by atoms with Crippen LogP contribution in [0, 0.1) is 5.92 Å². The molecule has 0 aromatic carbocycles. The van der Waals surface area contributed by atoms with Gasteiger partial charge < -0.3 is 14.8 Å². The Hall–Kier alpha value is -0.610. The fraction of sp³-hybridized carbons (Fsp3) is 0.923. The molecule has 0 radical (unpaired) electrons. The van der Waals surface area contributed by atoms with Crippen molar-refractivity contribution < 1.29 is 14.3 Å². The molecule has 4 nitrogen and oxygen atoms in total. The summed E-state index contributed by atoms with van der Waals surface area (Å²) in [5.74, 6) is 0.476. The van der Waals surface area contributed by atoms with E-state index in [4.69, 9.17) is 9.47 Å². The minimum absolute atomic E-state index is 0.141. The molecule has 1 N–H and O–H groups in total. The molecule has 0 bridgehead atoms. The van der Waals surface area contributed by atoms with E-state index in [-0.39, 0.29) is 5.97 Å². The summed E-state index contributed by atoms with van der Waals surface area (Å²) in [5.41, 5.74) is 0. The Morgan fingerprint density at radius 2 is 2.18 bits per heavy atom. The van der Waals surface area contributed by atoms with E-state index in [1.54, 1.807) is 0 Å². The van der Waals surface area contributed by atoms with E-state index in [1.807, 2.05) is 0 Å². The zero-order chi connectivity index (χ0) is 12.5. The van der Waals surface area contributed by atoms with E-state index in [0.29, 0.717) is 25.1 Å². The minimum Gasteiger partial charge on any atom is -0.465 e. The molecule has 0 aromatic heterocycles. The van der Waals surface area contributed by atoms with Gasteiger partial charge in [0.25, 0.3) is 0 Å². The average molecular weight is 243 g/mol. The Morgan fingerprint density at radius 3 is 2.82 bits per heavy atom. The van der Waals surface area contributed by atoms with Crippen LogP contribution in [0.15, 0.2) is 0 Å². The summed E-state index contributed by atoms with van der Waals surface area (Å²) in [4.78, 5) is 11.4. The first-order valence-corrected chi connectivity index (χ1v) is 6.70. The van der Waals surface area contributed by atoms with E-state index in [1.165, 1.54) is 0 Å². The zero-order valence-electron chi connectivity index (χ0n) is 11.0. The molecule has 1 aliphatic heterocycles. The maximum atomic E-state index is 11.4. The SMILES string of the molecule is CCCCOC(=O)CNC(C)C1CCOCC1. The molecule has 1 rings (SSSR count). The van der Waals surface area contributed by atoms with Gasteiger partial charge in [0.05, 0.1) is 13.2 Å². The van der Waals surface area contributed by atoms with Crippen molar-refractivity contribution >= 4 is 5.97 Å². The van der Waals surface area contributed by atoms with E-state index in [0.717, 1.165) is 38.9 Å². The Labute approximate surface area is 104 Å². The fourth-order valence-electron chi connectivity index (χ4n) is 2.01. The molecular formula is C13H25NO3. The largest absolute Gasteiger partial charge is 0.465 e. The summed E-state index contributed by atoms with van der Waals surface area (Å²) < 4.78 is 10.4. The van der Waals surface area contributed by atoms with Crippen LogP contribution < -0.4 is 5.32 Å². The van der Waals surface area contributed by atoms with Gasteiger partial charge in [0, 0.05) is 19.3 Å². The topological polar surface area (TPSA) is 47.6 Å². The molecule has 0 saturated carbocycles. The molecule has 17 heavy (non-hydrogen) atoms. The first kappa shape index (κ1) is 14.5. The monoisotopic (exact) mass is 243 g/mol. The Bertz CT molecular complexity index is 215. The molecule has 1 heterocycles. The molecular weight excluding hydrogens is 218 g/mol. The van der Waals surface area contributed by atoms with E-state index >= 15 is 0 Å². The third-order valence-corrected chi connectivity index (χ3v) is 3.30. The van der Waals surface area contributed by atoms with E-state index < -0.39 is 0 Å². The van der Waals surface area contributed by atoms with Gasteiger partial charge in [-0.05, 0) is 32.1 Å². The predicted octanol–water partition coefficient (Wildman–Crippen LogP) is 1.73. The van der Waals surface area contributed by atoms with Gasteiger partial charge in [-0.2, -0.15) is 0 Å². The second kappa shape index (κ2) is 8.48. The van der Waals surface area contributed by atoms with Gasteiger partial charge in [-0.25, -0.2) is 0 Å². The second-order valence-corrected chi connectivity index (χ2v) is 4.69. The van der Waals surface area contributed by atoms with Crippen LogP contribution in [-0.4, -0.2) is 38.4 Å². The highest BCUT2D eigenvalue weighted by molar-refractivity contribution is 5.71. The third-order valence-electron chi connectivity index (χ3n) is 3.30. The van der Waals surface area contributed by atoms with Crippen LogP contribution in [0.2, 0.25) is 0 Å². The van der Waals surface area contributed by atoms with Crippen molar-refractivity contribution in [3.05, 3.63) is 0 Å². The normalized spacial score (nSPS) is 18.9. The molecule has 100 valence electrons. The van der Waals surface area contributed by atoms with Crippen molar-refractivity contribution in [1.82, 2.24) is 5.32 Å². The number of esters is 1. The molecule has 0 spiro atoms. The standard InChI is InChI=1S/C13H25NO3/c1-3-4-7-17-13(15)10-14-11(2)12-5-8-16-9-6-12/h11-12,14H,3-10H2,1-2H3. The van der Waals surface area contributed by atoms with E-state index in [2.05, 4.69) is 19.2 Å². The maximum Gasteiger partial charge on any atom is 0.319 e. The number of unbranched alkanes of at least 4 members (excludes halogenated alkanes) is 1. The van der Waals surface area contributed by atoms with Crippen molar-refractivity contribution in [3.8, 4) is 0 Å². The molecule has 1 atom stereocenters. The number of ether oxygens (including phenoxy) is 2. The molecule has 0 aliphatic carbocycles. The number of rotatable bonds is 7. The summed E-state index contributed by atoms with van der Waals surface area (Å²) in [7, 11) is 0. The Kier molecular flexibility index (Phi) is 7.21. The van der Waals surface area contributed by atoms with Crippen LogP contribution in [-0.2, 0) is 14.3 Å². The number of carbonyl (C=O) groups excluding carboxylic acids is 1. The molecule has 0 aromatic rings.